The molecule has 0 aliphatic carbocycles. The Balaban J connectivity index is 2.41. The SMILES string of the molecule is CCNCc1sc2cc(OC)ccc2c1C. The maximum atomic E-state index is 5.24. The number of hydrogen-bond donors (Lipinski definition) is 1. The second-order valence-electron chi connectivity index (χ2n) is 3.79. The number of aryl methyl sites for hydroxylation is 1. The van der Waals surface area contributed by atoms with Gasteiger partial charge in [-0.05, 0) is 42.6 Å². The van der Waals surface area contributed by atoms with Crippen LogP contribution in [0.2, 0.25) is 0 Å². The van der Waals surface area contributed by atoms with Gasteiger partial charge in [0.2, 0.25) is 0 Å². The van der Waals surface area contributed by atoms with Crippen LogP contribution >= 0.6 is 11.3 Å². The average Bonchev–Trinajstić information content (AvgIpc) is 2.63. The van der Waals surface area contributed by atoms with Crippen LogP contribution in [0.15, 0.2) is 18.2 Å². The fraction of sp³-hybridized carbons (Fsp3) is 0.385. The fourth-order valence-corrected chi connectivity index (χ4v) is 3.00. The van der Waals surface area contributed by atoms with E-state index in [-0.39, 0.29) is 0 Å². The van der Waals surface area contributed by atoms with Crippen molar-refractivity contribution in [2.45, 2.75) is 20.4 Å². The lowest BCUT2D eigenvalue weighted by atomic mass is 10.1. The Morgan fingerprint density at radius 3 is 2.88 bits per heavy atom. The molecule has 0 fully saturated rings. The molecule has 86 valence electrons. The molecule has 3 heteroatoms. The molecule has 1 aromatic carbocycles. The summed E-state index contributed by atoms with van der Waals surface area (Å²) in [7, 11) is 1.71. The van der Waals surface area contributed by atoms with Gasteiger partial charge in [-0.1, -0.05) is 6.92 Å². The Morgan fingerprint density at radius 1 is 1.38 bits per heavy atom. The van der Waals surface area contributed by atoms with E-state index in [1.165, 1.54) is 20.5 Å². The Kier molecular flexibility index (Phi) is 3.46. The van der Waals surface area contributed by atoms with Gasteiger partial charge in [0, 0.05) is 16.1 Å². The van der Waals surface area contributed by atoms with Crippen molar-refractivity contribution < 1.29 is 4.74 Å². The monoisotopic (exact) mass is 235 g/mol. The van der Waals surface area contributed by atoms with Crippen LogP contribution in [0.25, 0.3) is 10.1 Å². The summed E-state index contributed by atoms with van der Waals surface area (Å²) in [4.78, 5) is 1.42. The first kappa shape index (κ1) is 11.4. The number of methoxy groups -OCH3 is 1. The number of fused-ring (bicyclic) bond motifs is 1. The summed E-state index contributed by atoms with van der Waals surface area (Å²) in [6.07, 6.45) is 0. The predicted octanol–water partition coefficient (Wildman–Crippen LogP) is 3.33. The van der Waals surface area contributed by atoms with Crippen molar-refractivity contribution >= 4 is 21.4 Å². The lowest BCUT2D eigenvalue weighted by Crippen LogP contribution is -2.11. The highest BCUT2D eigenvalue weighted by atomic mass is 32.1. The highest BCUT2D eigenvalue weighted by Crippen LogP contribution is 2.33. The van der Waals surface area contributed by atoms with Crippen LogP contribution in [-0.4, -0.2) is 13.7 Å². The van der Waals surface area contributed by atoms with Crippen LogP contribution in [0.5, 0.6) is 5.75 Å². The van der Waals surface area contributed by atoms with E-state index in [2.05, 4.69) is 31.3 Å². The van der Waals surface area contributed by atoms with E-state index in [4.69, 9.17) is 4.74 Å². The van der Waals surface area contributed by atoms with Crippen LogP contribution in [-0.2, 0) is 6.54 Å². The van der Waals surface area contributed by atoms with E-state index < -0.39 is 0 Å². The predicted molar refractivity (Wildman–Crippen MR) is 70.5 cm³/mol. The smallest absolute Gasteiger partial charge is 0.120 e. The van der Waals surface area contributed by atoms with Gasteiger partial charge in [-0.2, -0.15) is 0 Å². The van der Waals surface area contributed by atoms with Gasteiger partial charge in [-0.3, -0.25) is 0 Å². The van der Waals surface area contributed by atoms with Crippen molar-refractivity contribution in [3.05, 3.63) is 28.6 Å². The van der Waals surface area contributed by atoms with Gasteiger partial charge in [0.1, 0.15) is 5.75 Å². The van der Waals surface area contributed by atoms with Gasteiger partial charge in [0.15, 0.2) is 0 Å². The summed E-state index contributed by atoms with van der Waals surface area (Å²) >= 11 is 1.85. The highest BCUT2D eigenvalue weighted by Gasteiger charge is 2.08. The zero-order chi connectivity index (χ0) is 11.5. The third-order valence-electron chi connectivity index (χ3n) is 2.78. The Labute approximate surface area is 100 Å². The Morgan fingerprint density at radius 2 is 2.19 bits per heavy atom. The molecule has 0 atom stereocenters. The molecule has 0 saturated heterocycles. The molecule has 2 rings (SSSR count). The molecule has 0 unspecified atom stereocenters. The molecule has 1 N–H and O–H groups in total. The summed E-state index contributed by atoms with van der Waals surface area (Å²) in [6.45, 7) is 6.30. The lowest BCUT2D eigenvalue weighted by molar-refractivity contribution is 0.415. The van der Waals surface area contributed by atoms with Crippen molar-refractivity contribution in [3.8, 4) is 5.75 Å². The average molecular weight is 235 g/mol. The third kappa shape index (κ3) is 2.06. The molecule has 2 aromatic rings. The summed E-state index contributed by atoms with van der Waals surface area (Å²) in [5, 5.41) is 4.72. The molecule has 1 heterocycles. The van der Waals surface area contributed by atoms with Crippen molar-refractivity contribution in [1.82, 2.24) is 5.32 Å². The third-order valence-corrected chi connectivity index (χ3v) is 4.03. The Bertz CT molecular complexity index is 490. The van der Waals surface area contributed by atoms with E-state index in [9.17, 15) is 0 Å². The molecule has 16 heavy (non-hydrogen) atoms. The first-order chi connectivity index (χ1) is 7.76. The van der Waals surface area contributed by atoms with Crippen LogP contribution < -0.4 is 10.1 Å². The van der Waals surface area contributed by atoms with E-state index in [0.717, 1.165) is 18.8 Å². The molecule has 0 spiro atoms. The van der Waals surface area contributed by atoms with Crippen molar-refractivity contribution in [2.24, 2.45) is 0 Å². The minimum Gasteiger partial charge on any atom is -0.497 e. The molecule has 0 aliphatic heterocycles. The Hall–Kier alpha value is -1.06. The number of benzene rings is 1. The molecule has 0 amide bonds. The molecule has 0 bridgehead atoms. The standard InChI is InChI=1S/C13H17NOS/c1-4-14-8-13-9(2)11-6-5-10(15-3)7-12(11)16-13/h5-7,14H,4,8H2,1-3H3. The van der Waals surface area contributed by atoms with Crippen LogP contribution in [0.4, 0.5) is 0 Å². The summed E-state index contributed by atoms with van der Waals surface area (Å²) in [5.41, 5.74) is 1.39. The fourth-order valence-electron chi connectivity index (χ4n) is 1.79. The normalized spacial score (nSPS) is 10.9. The van der Waals surface area contributed by atoms with Crippen molar-refractivity contribution in [3.63, 3.8) is 0 Å². The number of rotatable bonds is 4. The first-order valence-corrected chi connectivity index (χ1v) is 6.34. The van der Waals surface area contributed by atoms with Gasteiger partial charge < -0.3 is 10.1 Å². The topological polar surface area (TPSA) is 21.3 Å². The summed E-state index contributed by atoms with van der Waals surface area (Å²) < 4.78 is 6.55. The van der Waals surface area contributed by atoms with Crippen LogP contribution in [0, 0.1) is 6.92 Å². The molecule has 2 nitrogen and oxygen atoms in total. The number of thiophene rings is 1. The zero-order valence-corrected chi connectivity index (χ0v) is 10.8. The molecule has 0 aliphatic rings. The van der Waals surface area contributed by atoms with Crippen molar-refractivity contribution in [2.75, 3.05) is 13.7 Å². The largest absolute Gasteiger partial charge is 0.497 e. The van der Waals surface area contributed by atoms with Gasteiger partial charge >= 0.3 is 0 Å². The van der Waals surface area contributed by atoms with Gasteiger partial charge in [-0.15, -0.1) is 11.3 Å². The zero-order valence-electron chi connectivity index (χ0n) is 9.96. The lowest BCUT2D eigenvalue weighted by Gasteiger charge is -1.99. The van der Waals surface area contributed by atoms with Gasteiger partial charge in [-0.25, -0.2) is 0 Å². The van der Waals surface area contributed by atoms with Crippen LogP contribution in [0.1, 0.15) is 17.4 Å². The second-order valence-corrected chi connectivity index (χ2v) is 4.93. The maximum absolute atomic E-state index is 5.24. The minimum atomic E-state index is 0.934. The number of ether oxygens (including phenoxy) is 1. The van der Waals surface area contributed by atoms with Gasteiger partial charge in [0.25, 0.3) is 0 Å². The highest BCUT2D eigenvalue weighted by molar-refractivity contribution is 7.19. The van der Waals surface area contributed by atoms with E-state index in [1.807, 2.05) is 17.4 Å². The molecular formula is C13H17NOS. The van der Waals surface area contributed by atoms with E-state index in [1.54, 1.807) is 7.11 Å². The number of nitrogens with one attached hydrogen (secondary N) is 1. The second kappa shape index (κ2) is 4.85. The van der Waals surface area contributed by atoms with Gasteiger partial charge in [0.05, 0.1) is 7.11 Å². The quantitative estimate of drug-likeness (QED) is 0.877. The van der Waals surface area contributed by atoms with E-state index in [0.29, 0.717) is 0 Å². The maximum Gasteiger partial charge on any atom is 0.120 e. The van der Waals surface area contributed by atoms with Crippen molar-refractivity contribution in [1.29, 1.82) is 0 Å². The van der Waals surface area contributed by atoms with E-state index >= 15 is 0 Å². The molecule has 0 saturated carbocycles. The summed E-state index contributed by atoms with van der Waals surface area (Å²) in [6, 6.07) is 6.29. The van der Waals surface area contributed by atoms with Crippen LogP contribution in [0.3, 0.4) is 0 Å². The molecular weight excluding hydrogens is 218 g/mol. The molecule has 1 aromatic heterocycles. The molecule has 0 radical (unpaired) electrons. The minimum absolute atomic E-state index is 0.934. The number of hydrogen-bond acceptors (Lipinski definition) is 3. The first-order valence-electron chi connectivity index (χ1n) is 5.53. The summed E-state index contributed by atoms with van der Waals surface area (Å²) in [5.74, 6) is 0.934.